The molecule has 0 radical (unpaired) electrons. The van der Waals surface area contributed by atoms with Crippen molar-refractivity contribution in [3.8, 4) is 23.0 Å². The molecule has 2 atom stereocenters. The van der Waals surface area contributed by atoms with Crippen LogP contribution < -0.4 is 18.9 Å². The number of hydrogen-bond donors (Lipinski definition) is 2. The van der Waals surface area contributed by atoms with Gasteiger partial charge in [-0.1, -0.05) is 0 Å². The summed E-state index contributed by atoms with van der Waals surface area (Å²) in [6.45, 7) is -11.9. The zero-order valence-electron chi connectivity index (χ0n) is 46.7. The molecule has 48 heavy (non-hydrogen) atoms. The second-order valence-electron chi connectivity index (χ2n) is 9.32. The van der Waals surface area contributed by atoms with Crippen LogP contribution in [-0.2, 0) is 33.1 Å². The number of nitrogens with zero attached hydrogens (tertiary/aromatic N) is 4. The molecule has 0 aliphatic carbocycles. The van der Waals surface area contributed by atoms with Crippen molar-refractivity contribution in [2.45, 2.75) is 49.2 Å². The highest BCUT2D eigenvalue weighted by molar-refractivity contribution is 7.84. The predicted octanol–water partition coefficient (Wildman–Crippen LogP) is 5.80. The van der Waals surface area contributed by atoms with Gasteiger partial charge in [-0.2, -0.15) is 0 Å². The van der Waals surface area contributed by atoms with E-state index in [4.69, 9.17) is 49.1 Å². The number of rotatable bonds is 10. The number of aromatic nitrogens is 6. The summed E-state index contributed by atoms with van der Waals surface area (Å²) >= 11 is 0. The van der Waals surface area contributed by atoms with Crippen molar-refractivity contribution in [3.63, 3.8) is 0 Å². The van der Waals surface area contributed by atoms with Gasteiger partial charge in [-0.15, -0.1) is 0 Å². The maximum atomic E-state index is 13.3. The Morgan fingerprint density at radius 3 is 1.75 bits per heavy atom. The maximum Gasteiger partial charge on any atom is 0.197 e. The van der Waals surface area contributed by atoms with E-state index in [-0.39, 0.29) is 33.4 Å². The molecular weight excluding hydrogens is 653 g/mol. The van der Waals surface area contributed by atoms with Gasteiger partial charge in [0.1, 0.15) is 23.0 Å². The molecular formula is C34H38N6O6S2. The molecule has 0 aliphatic rings. The van der Waals surface area contributed by atoms with Crippen LogP contribution in [0.15, 0.2) is 59.1 Å². The first-order valence-electron chi connectivity index (χ1n) is 24.1. The second-order valence-corrected chi connectivity index (χ2v) is 11.8. The number of ether oxygens (including phenoxy) is 4. The first kappa shape index (κ1) is 16.1. The van der Waals surface area contributed by atoms with Gasteiger partial charge in [0.25, 0.3) is 0 Å². The van der Waals surface area contributed by atoms with Crippen LogP contribution >= 0.6 is 0 Å². The molecule has 12 nitrogen and oxygen atoms in total. The summed E-state index contributed by atoms with van der Waals surface area (Å²) in [7, 11) is -8.11. The number of aromatic amines is 2. The predicted molar refractivity (Wildman–Crippen MR) is 186 cm³/mol. The molecule has 0 amide bonds. The summed E-state index contributed by atoms with van der Waals surface area (Å²) in [5.41, 5.74) is -6.32. The third-order valence-electron chi connectivity index (χ3n) is 6.37. The maximum absolute atomic E-state index is 13.3. The molecule has 0 bridgehead atoms. The Kier molecular flexibility index (Phi) is 5.00. The van der Waals surface area contributed by atoms with Crippen LogP contribution in [0.25, 0.3) is 22.1 Å². The molecule has 252 valence electrons. The lowest BCUT2D eigenvalue weighted by Gasteiger charge is -2.11. The van der Waals surface area contributed by atoms with Crippen LogP contribution in [0.3, 0.4) is 0 Å². The largest absolute Gasteiger partial charge is 0.497 e. The van der Waals surface area contributed by atoms with Gasteiger partial charge in [-0.25, -0.2) is 9.97 Å². The standard InChI is InChI=1S/2C17H19N3O3S/c2*1-10-8-18-15(11(2)16(10)23-4)9-24(21)17-19-13-6-5-12(22-3)7-14(13)20-17/h2*5-8H,9H2,1-4H3,(H,19,20)/i1D3,2D3,3D3,8D,9D2;1D3,2D3,3D3,8D. The van der Waals surface area contributed by atoms with E-state index in [9.17, 15) is 8.42 Å². The van der Waals surface area contributed by atoms with Crippen LogP contribution in [0.2, 0.25) is 0 Å². The Morgan fingerprint density at radius 2 is 1.25 bits per heavy atom. The minimum absolute atomic E-state index is 0.0312. The van der Waals surface area contributed by atoms with Crippen molar-refractivity contribution in [2.75, 3.05) is 28.3 Å². The molecule has 6 rings (SSSR count). The fraction of sp³-hybridized carbons (Fsp3) is 0.294. The lowest BCUT2D eigenvalue weighted by atomic mass is 10.1. The van der Waals surface area contributed by atoms with Gasteiger partial charge < -0.3 is 28.9 Å². The molecule has 2 aromatic carbocycles. The fourth-order valence-electron chi connectivity index (χ4n) is 4.11. The average molecular weight is 713 g/mol. The quantitative estimate of drug-likeness (QED) is 0.178. The van der Waals surface area contributed by atoms with Gasteiger partial charge in [0, 0.05) is 65.9 Å². The number of fused-ring (bicyclic) bond motifs is 2. The molecule has 0 spiro atoms. The van der Waals surface area contributed by atoms with Gasteiger partial charge in [0.2, 0.25) is 0 Å². The highest BCUT2D eigenvalue weighted by Crippen LogP contribution is 2.28. The van der Waals surface area contributed by atoms with Crippen molar-refractivity contribution >= 4 is 43.7 Å². The Hall–Kier alpha value is -4.82. The van der Waals surface area contributed by atoms with Crippen LogP contribution in [0.1, 0.15) is 63.8 Å². The number of pyridine rings is 2. The summed E-state index contributed by atoms with van der Waals surface area (Å²) in [5.74, 6) is -1.84. The van der Waals surface area contributed by atoms with E-state index in [1.54, 1.807) is 0 Å². The van der Waals surface area contributed by atoms with E-state index in [0.717, 1.165) is 14.2 Å². The molecule has 0 aliphatic heterocycles. The van der Waals surface area contributed by atoms with Crippen LogP contribution in [0, 0.1) is 27.4 Å². The highest BCUT2D eigenvalue weighted by Gasteiger charge is 2.18. The first-order chi connectivity index (χ1) is 31.8. The number of imidazole rings is 2. The topological polar surface area (TPSA) is 154 Å². The van der Waals surface area contributed by atoms with Crippen molar-refractivity contribution in [2.24, 2.45) is 0 Å². The van der Waals surface area contributed by atoms with E-state index < -0.39 is 131 Å². The molecule has 0 saturated heterocycles. The van der Waals surface area contributed by atoms with Crippen molar-refractivity contribution in [3.05, 3.63) is 82.4 Å². The molecule has 4 heterocycles. The minimum Gasteiger partial charge on any atom is -0.497 e. The lowest BCUT2D eigenvalue weighted by molar-refractivity contribution is 0.407. The van der Waals surface area contributed by atoms with Gasteiger partial charge in [0.05, 0.1) is 106 Å². The highest BCUT2D eigenvalue weighted by atomic mass is 32.2. The van der Waals surface area contributed by atoms with Crippen molar-refractivity contribution < 1.29 is 57.5 Å². The number of methoxy groups -OCH3 is 4. The van der Waals surface area contributed by atoms with Crippen LogP contribution in [0.4, 0.5) is 0 Å². The summed E-state index contributed by atoms with van der Waals surface area (Å²) < 4.78 is 215. The molecule has 0 saturated carbocycles. The van der Waals surface area contributed by atoms with Crippen LogP contribution in [-0.4, -0.2) is 66.6 Å². The molecule has 6 aromatic rings. The smallest absolute Gasteiger partial charge is 0.197 e. The van der Waals surface area contributed by atoms with Crippen molar-refractivity contribution in [1.29, 1.82) is 0 Å². The third-order valence-corrected chi connectivity index (χ3v) is 8.46. The van der Waals surface area contributed by atoms with E-state index in [1.807, 2.05) is 0 Å². The Balaban J connectivity index is 0.000000261. The monoisotopic (exact) mass is 712 g/mol. The molecule has 2 unspecified atom stereocenters. The van der Waals surface area contributed by atoms with Crippen LogP contribution in [0.5, 0.6) is 23.0 Å². The number of hydrogen-bond acceptors (Lipinski definition) is 10. The fourth-order valence-corrected chi connectivity index (χ4v) is 5.93. The van der Waals surface area contributed by atoms with E-state index >= 15 is 0 Å². The number of H-pyrrole nitrogens is 2. The van der Waals surface area contributed by atoms with Gasteiger partial charge >= 0.3 is 0 Å². The van der Waals surface area contributed by atoms with Gasteiger partial charge in [-0.05, 0) is 51.7 Å². The summed E-state index contributed by atoms with van der Waals surface area (Å²) in [6.07, 6.45) is -1.68. The average Bonchev–Trinajstić information content (AvgIpc) is 3.81. The second kappa shape index (κ2) is 14.9. The third kappa shape index (κ3) is 7.34. The van der Waals surface area contributed by atoms with E-state index in [0.29, 0.717) is 11.0 Å². The lowest BCUT2D eigenvalue weighted by Crippen LogP contribution is -2.05. The van der Waals surface area contributed by atoms with Crippen molar-refractivity contribution in [1.82, 2.24) is 29.9 Å². The van der Waals surface area contributed by atoms with E-state index in [2.05, 4.69) is 29.9 Å². The summed E-state index contributed by atoms with van der Waals surface area (Å²) in [5, 5.41) is -0.519. The Labute approximate surface area is 314 Å². The SMILES string of the molecule is [2H]c1nc(C([2H])([2H])S(=O)c2nc3ccc(OC([2H])([2H])[2H])cc3[nH]2)c(C([2H])([2H])[2H])c(OC)c1C([2H])([2H])[2H].[2H]c1nc(CS(=O)c2nc3ccc(OC([2H])([2H])[2H])cc3[nH]2)c(C([2H])([2H])[2H])c(OC)c1C([2H])([2H])[2H]. The molecule has 2 N–H and O–H groups in total. The Morgan fingerprint density at radius 1 is 0.729 bits per heavy atom. The first-order valence-corrected chi connectivity index (χ1v) is 15.6. The summed E-state index contributed by atoms with van der Waals surface area (Å²) in [4.78, 5) is 21.0. The number of benzene rings is 2. The Bertz CT molecular complexity index is 2980. The van der Waals surface area contributed by atoms with Gasteiger partial charge in [-0.3, -0.25) is 18.4 Å². The van der Waals surface area contributed by atoms with E-state index in [1.165, 1.54) is 36.4 Å². The molecule has 4 aromatic heterocycles. The van der Waals surface area contributed by atoms with Gasteiger partial charge in [0.15, 0.2) is 10.3 Å². The zero-order chi connectivity index (χ0) is 53.1. The minimum atomic E-state index is -3.16. The summed E-state index contributed by atoms with van der Waals surface area (Å²) in [6, 6.07) is 8.06. The zero-order valence-corrected chi connectivity index (χ0v) is 26.4. The number of nitrogens with one attached hydrogen (secondary N) is 2. The molecule has 14 heteroatoms. The normalized spacial score (nSPS) is 21.0. The molecule has 0 fully saturated rings.